The summed E-state index contributed by atoms with van der Waals surface area (Å²) in [6.07, 6.45) is 26.5. The monoisotopic (exact) mass is 691 g/mol. The highest BCUT2D eigenvalue weighted by molar-refractivity contribution is 7.99. The van der Waals surface area contributed by atoms with Crippen LogP contribution in [0.25, 0.3) is 0 Å². The number of esters is 1. The summed E-state index contributed by atoms with van der Waals surface area (Å²) in [6, 6.07) is 3.98. The number of aromatic hydroxyl groups is 1. The van der Waals surface area contributed by atoms with Crippen molar-refractivity contribution >= 4 is 17.7 Å². The molecular formula is C43H78O4S. The second kappa shape index (κ2) is 26.6. The SMILES string of the molecule is CCCCCCCCCCCCOCC(CSCCCCCCCCCCCC)OC(=O)Cc1cc(C(C)(C)C)c(O)c(C(C)(C)C)c1. The molecule has 0 saturated carbocycles. The zero-order valence-electron chi connectivity index (χ0n) is 33.0. The molecular weight excluding hydrogens is 613 g/mol. The number of carbonyl (C=O) groups is 1. The molecule has 1 unspecified atom stereocenters. The van der Waals surface area contributed by atoms with Crippen molar-refractivity contribution in [1.82, 2.24) is 0 Å². The van der Waals surface area contributed by atoms with Crippen molar-refractivity contribution in [2.45, 2.75) is 207 Å². The molecule has 280 valence electrons. The van der Waals surface area contributed by atoms with E-state index in [1.807, 2.05) is 23.9 Å². The van der Waals surface area contributed by atoms with Crippen LogP contribution in [0.5, 0.6) is 5.75 Å². The van der Waals surface area contributed by atoms with Gasteiger partial charge in [0.25, 0.3) is 0 Å². The summed E-state index contributed by atoms with van der Waals surface area (Å²) in [4.78, 5) is 13.3. The van der Waals surface area contributed by atoms with Crippen LogP contribution in [0.3, 0.4) is 0 Å². The number of phenolic OH excluding ortho intramolecular Hbond substituents is 1. The minimum atomic E-state index is -0.241. The number of phenols is 1. The standard InChI is InChI=1S/C43H78O4S/c1-9-11-13-15-17-19-21-23-25-27-29-46-34-37(35-48-30-28-26-24-22-20-18-16-14-12-10-2)47-40(44)33-36-31-38(42(3,4)5)41(45)39(32-36)43(6,7)8/h31-32,37,45H,9-30,33-35H2,1-8H3. The highest BCUT2D eigenvalue weighted by Crippen LogP contribution is 2.40. The summed E-state index contributed by atoms with van der Waals surface area (Å²) < 4.78 is 12.2. The first kappa shape index (κ1) is 44.8. The molecule has 1 N–H and O–H groups in total. The zero-order valence-corrected chi connectivity index (χ0v) is 33.8. The Labute approximate surface area is 302 Å². The number of carbonyl (C=O) groups excluding carboxylic acids is 1. The van der Waals surface area contributed by atoms with Gasteiger partial charge in [-0.05, 0) is 46.1 Å². The van der Waals surface area contributed by atoms with Gasteiger partial charge in [0.15, 0.2) is 0 Å². The predicted octanol–water partition coefficient (Wildman–Crippen LogP) is 13.0. The first-order chi connectivity index (χ1) is 22.9. The molecule has 1 aromatic rings. The molecule has 0 aliphatic carbocycles. The van der Waals surface area contributed by atoms with Crippen molar-refractivity contribution in [2.24, 2.45) is 0 Å². The molecule has 0 amide bonds. The molecule has 1 rings (SSSR count). The molecule has 0 fully saturated rings. The Hall–Kier alpha value is -1.20. The third kappa shape index (κ3) is 21.8. The number of ether oxygens (including phenoxy) is 2. The van der Waals surface area contributed by atoms with Crippen molar-refractivity contribution in [3.63, 3.8) is 0 Å². The van der Waals surface area contributed by atoms with Gasteiger partial charge in [0.2, 0.25) is 0 Å². The Bertz CT molecular complexity index is 882. The van der Waals surface area contributed by atoms with Crippen LogP contribution in [-0.2, 0) is 31.5 Å². The van der Waals surface area contributed by atoms with Gasteiger partial charge in [-0.3, -0.25) is 4.79 Å². The van der Waals surface area contributed by atoms with Crippen molar-refractivity contribution in [3.8, 4) is 5.75 Å². The van der Waals surface area contributed by atoms with E-state index in [0.717, 1.165) is 41.2 Å². The van der Waals surface area contributed by atoms with Gasteiger partial charge in [0.1, 0.15) is 11.9 Å². The molecule has 0 aliphatic heterocycles. The average molecular weight is 691 g/mol. The number of benzene rings is 1. The third-order valence-corrected chi connectivity index (χ3v) is 10.5. The topological polar surface area (TPSA) is 55.8 Å². The Morgan fingerprint density at radius 2 is 1.08 bits per heavy atom. The van der Waals surface area contributed by atoms with E-state index >= 15 is 0 Å². The van der Waals surface area contributed by atoms with E-state index in [9.17, 15) is 9.90 Å². The van der Waals surface area contributed by atoms with Crippen LogP contribution in [0, 0.1) is 0 Å². The van der Waals surface area contributed by atoms with E-state index in [1.54, 1.807) is 0 Å². The molecule has 0 radical (unpaired) electrons. The van der Waals surface area contributed by atoms with Crippen LogP contribution in [0.1, 0.15) is 200 Å². The lowest BCUT2D eigenvalue weighted by atomic mass is 9.78. The minimum absolute atomic E-state index is 0.199. The number of rotatable bonds is 29. The number of hydrogen-bond donors (Lipinski definition) is 1. The van der Waals surface area contributed by atoms with Crippen molar-refractivity contribution < 1.29 is 19.4 Å². The van der Waals surface area contributed by atoms with E-state index in [0.29, 0.717) is 12.4 Å². The van der Waals surface area contributed by atoms with Crippen molar-refractivity contribution in [3.05, 3.63) is 28.8 Å². The van der Waals surface area contributed by atoms with Gasteiger partial charge in [-0.2, -0.15) is 11.8 Å². The summed E-state index contributed by atoms with van der Waals surface area (Å²) in [7, 11) is 0. The van der Waals surface area contributed by atoms with Crippen LogP contribution in [0.2, 0.25) is 0 Å². The van der Waals surface area contributed by atoms with Crippen LogP contribution >= 0.6 is 11.8 Å². The first-order valence-electron chi connectivity index (χ1n) is 20.1. The van der Waals surface area contributed by atoms with Gasteiger partial charge in [-0.15, -0.1) is 0 Å². The normalized spacial score (nSPS) is 12.8. The Morgan fingerprint density at radius 3 is 1.52 bits per heavy atom. The fourth-order valence-corrected chi connectivity index (χ4v) is 7.26. The largest absolute Gasteiger partial charge is 0.507 e. The van der Waals surface area contributed by atoms with E-state index in [4.69, 9.17) is 9.47 Å². The van der Waals surface area contributed by atoms with E-state index in [2.05, 4.69) is 55.4 Å². The molecule has 1 aromatic carbocycles. The fourth-order valence-electron chi connectivity index (χ4n) is 6.26. The lowest BCUT2D eigenvalue weighted by Gasteiger charge is -2.28. The Morgan fingerprint density at radius 1 is 0.667 bits per heavy atom. The molecule has 0 saturated heterocycles. The fraction of sp³-hybridized carbons (Fsp3) is 0.837. The number of thioether (sulfide) groups is 1. The highest BCUT2D eigenvalue weighted by atomic mass is 32.2. The Kier molecular flexibility index (Phi) is 24.8. The lowest BCUT2D eigenvalue weighted by molar-refractivity contribution is -0.149. The molecule has 1 atom stereocenters. The van der Waals surface area contributed by atoms with Gasteiger partial charge in [0.05, 0.1) is 13.0 Å². The molecule has 0 aromatic heterocycles. The smallest absolute Gasteiger partial charge is 0.310 e. The summed E-state index contributed by atoms with van der Waals surface area (Å²) in [5.74, 6) is 2.00. The molecule has 5 heteroatoms. The average Bonchev–Trinajstić information content (AvgIpc) is 3.01. The third-order valence-electron chi connectivity index (χ3n) is 9.32. The maximum Gasteiger partial charge on any atom is 0.310 e. The minimum Gasteiger partial charge on any atom is -0.507 e. The molecule has 48 heavy (non-hydrogen) atoms. The first-order valence-corrected chi connectivity index (χ1v) is 21.3. The van der Waals surface area contributed by atoms with Crippen LogP contribution in [0.15, 0.2) is 12.1 Å². The molecule has 0 aliphatic rings. The highest BCUT2D eigenvalue weighted by Gasteiger charge is 2.27. The van der Waals surface area contributed by atoms with Gasteiger partial charge >= 0.3 is 5.97 Å². The maximum atomic E-state index is 13.3. The molecule has 0 heterocycles. The second-order valence-corrected chi connectivity index (χ2v) is 17.5. The summed E-state index contributed by atoms with van der Waals surface area (Å²) >= 11 is 1.89. The molecule has 0 spiro atoms. The van der Waals surface area contributed by atoms with E-state index in [-0.39, 0.29) is 29.3 Å². The van der Waals surface area contributed by atoms with E-state index in [1.165, 1.54) is 122 Å². The number of unbranched alkanes of at least 4 members (excludes halogenated alkanes) is 18. The second-order valence-electron chi connectivity index (χ2n) is 16.3. The predicted molar refractivity (Wildman–Crippen MR) is 211 cm³/mol. The zero-order chi connectivity index (χ0) is 35.7. The van der Waals surface area contributed by atoms with Crippen molar-refractivity contribution in [1.29, 1.82) is 0 Å². The van der Waals surface area contributed by atoms with Crippen molar-refractivity contribution in [2.75, 3.05) is 24.7 Å². The number of hydrogen-bond acceptors (Lipinski definition) is 5. The van der Waals surface area contributed by atoms with Gasteiger partial charge in [0, 0.05) is 12.4 Å². The van der Waals surface area contributed by atoms with E-state index < -0.39 is 0 Å². The van der Waals surface area contributed by atoms with Gasteiger partial charge in [-0.25, -0.2) is 0 Å². The summed E-state index contributed by atoms with van der Waals surface area (Å²) in [5.41, 5.74) is 2.18. The molecule has 4 nitrogen and oxygen atoms in total. The lowest BCUT2D eigenvalue weighted by Crippen LogP contribution is -2.27. The maximum absolute atomic E-state index is 13.3. The quantitative estimate of drug-likeness (QED) is 0.0670. The van der Waals surface area contributed by atoms with Gasteiger partial charge in [-0.1, -0.05) is 183 Å². The van der Waals surface area contributed by atoms with Crippen LogP contribution in [0.4, 0.5) is 0 Å². The Balaban J connectivity index is 2.60. The van der Waals surface area contributed by atoms with Gasteiger partial charge < -0.3 is 14.6 Å². The summed E-state index contributed by atoms with van der Waals surface area (Å²) in [5, 5.41) is 11.1. The molecule has 0 bridgehead atoms. The van der Waals surface area contributed by atoms with Crippen LogP contribution < -0.4 is 0 Å². The summed E-state index contributed by atoms with van der Waals surface area (Å²) in [6.45, 7) is 18.4. The van der Waals surface area contributed by atoms with Crippen LogP contribution in [-0.4, -0.2) is 41.9 Å².